The standard InChI is InChI=1S/C11H10F2O2.C9H6F2O2/c1-2-15-11(14)6-4-8-3-5-9(12)7-10(8)13;10-7-3-1-6(8(11)5-7)2-4-9(12)13/h3-7H,2H2,1H3;1-5H,(H,12,13). The van der Waals surface area contributed by atoms with E-state index >= 15 is 0 Å². The number of carbonyl (C=O) groups excluding carboxylic acids is 1. The number of ether oxygens (including phenoxy) is 1. The van der Waals surface area contributed by atoms with Crippen molar-refractivity contribution in [3.8, 4) is 0 Å². The smallest absolute Gasteiger partial charge is 0.330 e. The summed E-state index contributed by atoms with van der Waals surface area (Å²) in [4.78, 5) is 21.0. The molecule has 0 aromatic heterocycles. The van der Waals surface area contributed by atoms with E-state index in [2.05, 4.69) is 4.74 Å². The molecule has 28 heavy (non-hydrogen) atoms. The number of aliphatic carboxylic acids is 1. The molecule has 2 rings (SSSR count). The van der Waals surface area contributed by atoms with Gasteiger partial charge in [0.15, 0.2) is 0 Å². The number of carboxylic acids is 1. The zero-order valence-corrected chi connectivity index (χ0v) is 14.7. The third-order valence-corrected chi connectivity index (χ3v) is 3.02. The maximum absolute atomic E-state index is 13.0. The Morgan fingerprint density at radius 2 is 1.36 bits per heavy atom. The molecular weight excluding hydrogens is 380 g/mol. The Morgan fingerprint density at radius 3 is 1.75 bits per heavy atom. The molecule has 0 atom stereocenters. The van der Waals surface area contributed by atoms with E-state index in [9.17, 15) is 27.2 Å². The van der Waals surface area contributed by atoms with Crippen LogP contribution in [-0.4, -0.2) is 23.7 Å². The minimum Gasteiger partial charge on any atom is -0.478 e. The molecule has 8 heteroatoms. The second-order valence-electron chi connectivity index (χ2n) is 5.09. The van der Waals surface area contributed by atoms with Crippen molar-refractivity contribution in [2.24, 2.45) is 0 Å². The van der Waals surface area contributed by atoms with Gasteiger partial charge in [-0.2, -0.15) is 0 Å². The van der Waals surface area contributed by atoms with Crippen LogP contribution in [-0.2, 0) is 14.3 Å². The van der Waals surface area contributed by atoms with Gasteiger partial charge in [-0.25, -0.2) is 27.2 Å². The Hall–Kier alpha value is -3.42. The van der Waals surface area contributed by atoms with E-state index in [1.807, 2.05) is 0 Å². The second kappa shape index (κ2) is 11.3. The third-order valence-electron chi connectivity index (χ3n) is 3.02. The Bertz CT molecular complexity index is 892. The average molecular weight is 396 g/mol. The summed E-state index contributed by atoms with van der Waals surface area (Å²) in [5, 5.41) is 8.24. The number of carbonyl (C=O) groups is 2. The highest BCUT2D eigenvalue weighted by molar-refractivity contribution is 5.87. The summed E-state index contributed by atoms with van der Waals surface area (Å²) in [5.41, 5.74) is 0.188. The molecule has 148 valence electrons. The largest absolute Gasteiger partial charge is 0.478 e. The summed E-state index contributed by atoms with van der Waals surface area (Å²) >= 11 is 0. The molecule has 0 amide bonds. The molecule has 0 spiro atoms. The van der Waals surface area contributed by atoms with Crippen molar-refractivity contribution in [2.75, 3.05) is 6.61 Å². The normalized spacial score (nSPS) is 10.6. The highest BCUT2D eigenvalue weighted by Gasteiger charge is 2.01. The third kappa shape index (κ3) is 8.31. The molecule has 0 aliphatic heterocycles. The second-order valence-corrected chi connectivity index (χ2v) is 5.09. The lowest BCUT2D eigenvalue weighted by Crippen LogP contribution is -1.98. The molecule has 0 fully saturated rings. The van der Waals surface area contributed by atoms with E-state index < -0.39 is 35.2 Å². The quantitative estimate of drug-likeness (QED) is 0.456. The summed E-state index contributed by atoms with van der Waals surface area (Å²) in [7, 11) is 0. The molecular formula is C20H16F4O4. The summed E-state index contributed by atoms with van der Waals surface area (Å²) in [6.07, 6.45) is 4.19. The lowest BCUT2D eigenvalue weighted by Gasteiger charge is -1.97. The van der Waals surface area contributed by atoms with Crippen LogP contribution < -0.4 is 0 Å². The van der Waals surface area contributed by atoms with Gasteiger partial charge in [0.1, 0.15) is 23.3 Å². The Kier molecular flexibility index (Phi) is 9.15. The maximum atomic E-state index is 13.0. The molecule has 4 nitrogen and oxygen atoms in total. The average Bonchev–Trinajstić information content (AvgIpc) is 2.61. The van der Waals surface area contributed by atoms with Gasteiger partial charge in [-0.1, -0.05) is 0 Å². The van der Waals surface area contributed by atoms with Crippen LogP contribution in [0.25, 0.3) is 12.2 Å². The Balaban J connectivity index is 0.000000283. The monoisotopic (exact) mass is 396 g/mol. The predicted molar refractivity (Wildman–Crippen MR) is 95.1 cm³/mol. The predicted octanol–water partition coefficient (Wildman–Crippen LogP) is 4.60. The SMILES string of the molecule is CCOC(=O)C=Cc1ccc(F)cc1F.O=C(O)C=Cc1ccc(F)cc1F. The van der Waals surface area contributed by atoms with Crippen LogP contribution in [0.3, 0.4) is 0 Å². The van der Waals surface area contributed by atoms with Crippen molar-refractivity contribution < 1.29 is 37.0 Å². The van der Waals surface area contributed by atoms with E-state index in [-0.39, 0.29) is 17.7 Å². The number of esters is 1. The van der Waals surface area contributed by atoms with E-state index in [1.54, 1.807) is 6.92 Å². The Labute approximate surface area is 158 Å². The highest BCUT2D eigenvalue weighted by atomic mass is 19.1. The number of benzene rings is 2. The molecule has 0 saturated carbocycles. The first-order valence-corrected chi connectivity index (χ1v) is 7.89. The van der Waals surface area contributed by atoms with Gasteiger partial charge in [-0.05, 0) is 43.3 Å². The zero-order chi connectivity index (χ0) is 21.1. The molecule has 0 aliphatic carbocycles. The van der Waals surface area contributed by atoms with Gasteiger partial charge in [0.25, 0.3) is 0 Å². The van der Waals surface area contributed by atoms with Gasteiger partial charge < -0.3 is 9.84 Å². The molecule has 2 aromatic rings. The van der Waals surface area contributed by atoms with Gasteiger partial charge in [-0.3, -0.25) is 0 Å². The summed E-state index contributed by atoms with van der Waals surface area (Å²) in [6, 6.07) is 6.05. The minimum atomic E-state index is -1.18. The van der Waals surface area contributed by atoms with Crippen molar-refractivity contribution in [1.29, 1.82) is 0 Å². The van der Waals surface area contributed by atoms with Crippen LogP contribution in [0.2, 0.25) is 0 Å². The van der Waals surface area contributed by atoms with Gasteiger partial charge in [0.05, 0.1) is 6.61 Å². The van der Waals surface area contributed by atoms with Crippen LogP contribution in [0.4, 0.5) is 17.6 Å². The van der Waals surface area contributed by atoms with Crippen LogP contribution in [0.1, 0.15) is 18.1 Å². The number of rotatable bonds is 5. The Morgan fingerprint density at radius 1 is 0.893 bits per heavy atom. The fourth-order valence-electron chi connectivity index (χ4n) is 1.78. The van der Waals surface area contributed by atoms with Crippen LogP contribution in [0, 0.1) is 23.3 Å². The van der Waals surface area contributed by atoms with Crippen molar-refractivity contribution in [1.82, 2.24) is 0 Å². The minimum absolute atomic E-state index is 0.0452. The lowest BCUT2D eigenvalue weighted by molar-refractivity contribution is -0.137. The van der Waals surface area contributed by atoms with E-state index in [0.29, 0.717) is 6.07 Å². The molecule has 0 aliphatic rings. The van der Waals surface area contributed by atoms with Crippen molar-refractivity contribution in [3.63, 3.8) is 0 Å². The first kappa shape index (κ1) is 22.6. The number of hydrogen-bond acceptors (Lipinski definition) is 3. The summed E-state index contributed by atoms with van der Waals surface area (Å²) in [5.74, 6) is -4.57. The summed E-state index contributed by atoms with van der Waals surface area (Å²) < 4.78 is 55.3. The van der Waals surface area contributed by atoms with Gasteiger partial charge in [0.2, 0.25) is 0 Å². The molecule has 0 saturated heterocycles. The molecule has 0 unspecified atom stereocenters. The topological polar surface area (TPSA) is 63.6 Å². The van der Waals surface area contributed by atoms with E-state index in [1.165, 1.54) is 18.2 Å². The molecule has 0 radical (unpaired) electrons. The van der Waals surface area contributed by atoms with Crippen molar-refractivity contribution in [3.05, 3.63) is 82.9 Å². The fraction of sp³-hybridized carbons (Fsp3) is 0.100. The van der Waals surface area contributed by atoms with E-state index in [4.69, 9.17) is 5.11 Å². The van der Waals surface area contributed by atoms with Crippen LogP contribution >= 0.6 is 0 Å². The molecule has 0 bridgehead atoms. The van der Waals surface area contributed by atoms with Crippen molar-refractivity contribution in [2.45, 2.75) is 6.92 Å². The van der Waals surface area contributed by atoms with E-state index in [0.717, 1.165) is 36.4 Å². The first-order valence-electron chi connectivity index (χ1n) is 7.89. The van der Waals surface area contributed by atoms with Crippen LogP contribution in [0.15, 0.2) is 48.6 Å². The molecule has 0 heterocycles. The first-order chi connectivity index (χ1) is 13.2. The number of carboxylic acid groups (broad SMARTS) is 1. The number of halogens is 4. The molecule has 2 aromatic carbocycles. The molecule has 1 N–H and O–H groups in total. The summed E-state index contributed by atoms with van der Waals surface area (Å²) in [6.45, 7) is 1.93. The maximum Gasteiger partial charge on any atom is 0.330 e. The van der Waals surface area contributed by atoms with Gasteiger partial charge >= 0.3 is 11.9 Å². The lowest BCUT2D eigenvalue weighted by atomic mass is 10.2. The zero-order valence-electron chi connectivity index (χ0n) is 14.7. The highest BCUT2D eigenvalue weighted by Crippen LogP contribution is 2.11. The van der Waals surface area contributed by atoms with Crippen LogP contribution in [0.5, 0.6) is 0 Å². The van der Waals surface area contributed by atoms with Gasteiger partial charge in [-0.15, -0.1) is 0 Å². The number of hydrogen-bond donors (Lipinski definition) is 1. The van der Waals surface area contributed by atoms with Gasteiger partial charge in [0, 0.05) is 35.4 Å². The fourth-order valence-corrected chi connectivity index (χ4v) is 1.78. The van der Waals surface area contributed by atoms with Crippen molar-refractivity contribution >= 4 is 24.1 Å².